The summed E-state index contributed by atoms with van der Waals surface area (Å²) in [7, 11) is 0. The van der Waals surface area contributed by atoms with Crippen LogP contribution in [0.15, 0.2) is 24.3 Å². The lowest BCUT2D eigenvalue weighted by molar-refractivity contribution is -0.143. The van der Waals surface area contributed by atoms with Crippen LogP contribution in [0, 0.1) is 6.92 Å². The number of likely N-dealkylation sites (tertiary alicyclic amines) is 1. The van der Waals surface area contributed by atoms with Crippen molar-refractivity contribution >= 4 is 28.7 Å². The fourth-order valence-corrected chi connectivity index (χ4v) is 3.77. The molecule has 28 heavy (non-hydrogen) atoms. The van der Waals surface area contributed by atoms with E-state index in [2.05, 4.69) is 4.98 Å². The molecule has 1 aromatic heterocycles. The van der Waals surface area contributed by atoms with Gasteiger partial charge in [0.05, 0.1) is 11.1 Å². The predicted octanol–water partition coefficient (Wildman–Crippen LogP) is 2.13. The van der Waals surface area contributed by atoms with Gasteiger partial charge in [-0.3, -0.25) is 14.6 Å². The molecule has 148 valence electrons. The van der Waals surface area contributed by atoms with Crippen molar-refractivity contribution in [3.63, 3.8) is 0 Å². The van der Waals surface area contributed by atoms with Gasteiger partial charge in [0.2, 0.25) is 5.91 Å². The molecule has 0 unspecified atom stereocenters. The first kappa shape index (κ1) is 19.8. The van der Waals surface area contributed by atoms with Gasteiger partial charge in [0.25, 0.3) is 5.91 Å². The number of para-hydroxylation sites is 1. The Balaban J connectivity index is 1.81. The van der Waals surface area contributed by atoms with E-state index in [9.17, 15) is 14.4 Å². The van der Waals surface area contributed by atoms with Crippen LogP contribution in [0.1, 0.15) is 47.8 Å². The van der Waals surface area contributed by atoms with Crippen LogP contribution in [0.2, 0.25) is 0 Å². The maximum absolute atomic E-state index is 12.8. The number of nitrogens with two attached hydrogens (primary N) is 1. The van der Waals surface area contributed by atoms with Gasteiger partial charge in [0.15, 0.2) is 6.61 Å². The van der Waals surface area contributed by atoms with Crippen molar-refractivity contribution in [3.05, 3.63) is 41.1 Å². The van der Waals surface area contributed by atoms with Gasteiger partial charge in [0.1, 0.15) is 6.04 Å². The van der Waals surface area contributed by atoms with Crippen molar-refractivity contribution in [2.24, 2.45) is 5.73 Å². The third kappa shape index (κ3) is 3.83. The molecule has 1 fully saturated rings. The van der Waals surface area contributed by atoms with Gasteiger partial charge in [-0.15, -0.1) is 0 Å². The van der Waals surface area contributed by atoms with E-state index in [1.807, 2.05) is 38.1 Å². The average Bonchev–Trinajstić information content (AvgIpc) is 2.71. The molecule has 0 saturated carbocycles. The molecule has 1 atom stereocenters. The summed E-state index contributed by atoms with van der Waals surface area (Å²) < 4.78 is 5.35. The van der Waals surface area contributed by atoms with Gasteiger partial charge in [-0.05, 0) is 44.2 Å². The number of hydrogen-bond donors (Lipinski definition) is 1. The molecule has 7 nitrogen and oxygen atoms in total. The molecule has 1 aliphatic heterocycles. The third-order valence-electron chi connectivity index (χ3n) is 5.25. The van der Waals surface area contributed by atoms with Gasteiger partial charge in [-0.1, -0.05) is 25.1 Å². The average molecular weight is 383 g/mol. The van der Waals surface area contributed by atoms with E-state index in [1.54, 1.807) is 0 Å². The zero-order valence-electron chi connectivity index (χ0n) is 16.2. The van der Waals surface area contributed by atoms with Crippen molar-refractivity contribution in [1.29, 1.82) is 0 Å². The van der Waals surface area contributed by atoms with Crippen molar-refractivity contribution in [2.45, 2.75) is 45.6 Å². The molecule has 0 aliphatic carbocycles. The Bertz CT molecular complexity index is 925. The van der Waals surface area contributed by atoms with Gasteiger partial charge in [-0.25, -0.2) is 4.79 Å². The number of pyridine rings is 1. The van der Waals surface area contributed by atoms with Crippen molar-refractivity contribution in [1.82, 2.24) is 9.88 Å². The number of fused-ring (bicyclic) bond motifs is 1. The summed E-state index contributed by atoms with van der Waals surface area (Å²) in [6.07, 6.45) is 2.88. The lowest BCUT2D eigenvalue weighted by Crippen LogP contribution is -2.51. The number of ether oxygens (including phenoxy) is 1. The Kier molecular flexibility index (Phi) is 5.92. The lowest BCUT2D eigenvalue weighted by atomic mass is 10.0. The fraction of sp³-hybridized carbons (Fsp3) is 0.429. The normalized spacial score (nSPS) is 16.8. The third-order valence-corrected chi connectivity index (χ3v) is 5.25. The zero-order valence-corrected chi connectivity index (χ0v) is 16.2. The van der Waals surface area contributed by atoms with Crippen LogP contribution >= 0.6 is 0 Å². The highest BCUT2D eigenvalue weighted by molar-refractivity contribution is 6.05. The molecule has 0 bridgehead atoms. The summed E-state index contributed by atoms with van der Waals surface area (Å²) in [6, 6.07) is 6.74. The van der Waals surface area contributed by atoms with Gasteiger partial charge >= 0.3 is 5.97 Å². The maximum Gasteiger partial charge on any atom is 0.339 e. The van der Waals surface area contributed by atoms with E-state index in [0.29, 0.717) is 35.9 Å². The number of nitrogens with zero attached hydrogens (tertiary/aromatic N) is 2. The van der Waals surface area contributed by atoms with E-state index >= 15 is 0 Å². The van der Waals surface area contributed by atoms with Crippen LogP contribution in [-0.4, -0.2) is 46.9 Å². The van der Waals surface area contributed by atoms with Crippen LogP contribution in [0.4, 0.5) is 0 Å². The number of hydrogen-bond acceptors (Lipinski definition) is 5. The topological polar surface area (TPSA) is 103 Å². The van der Waals surface area contributed by atoms with Crippen LogP contribution in [0.25, 0.3) is 10.9 Å². The molecule has 7 heteroatoms. The number of carbonyl (C=O) groups is 3. The Morgan fingerprint density at radius 2 is 2.00 bits per heavy atom. The molecule has 0 spiro atoms. The number of primary amides is 1. The first-order valence-electron chi connectivity index (χ1n) is 9.58. The number of amides is 2. The quantitative estimate of drug-likeness (QED) is 0.797. The van der Waals surface area contributed by atoms with Crippen molar-refractivity contribution in [3.8, 4) is 0 Å². The highest BCUT2D eigenvalue weighted by Gasteiger charge is 2.31. The summed E-state index contributed by atoms with van der Waals surface area (Å²) in [6.45, 7) is 3.84. The Hall–Kier alpha value is -2.96. The van der Waals surface area contributed by atoms with Crippen LogP contribution in [-0.2, 0) is 20.7 Å². The summed E-state index contributed by atoms with van der Waals surface area (Å²) in [4.78, 5) is 43.0. The van der Waals surface area contributed by atoms with Crippen molar-refractivity contribution < 1.29 is 19.1 Å². The summed E-state index contributed by atoms with van der Waals surface area (Å²) in [5.74, 6) is -1.49. The van der Waals surface area contributed by atoms with E-state index in [0.717, 1.165) is 24.1 Å². The minimum atomic E-state index is -0.630. The second-order valence-corrected chi connectivity index (χ2v) is 7.01. The largest absolute Gasteiger partial charge is 0.452 e. The summed E-state index contributed by atoms with van der Waals surface area (Å²) >= 11 is 0. The molecule has 1 aromatic carbocycles. The number of carbonyl (C=O) groups excluding carboxylic acids is 3. The molecule has 2 heterocycles. The number of piperidine rings is 1. The van der Waals surface area contributed by atoms with E-state index in [1.165, 1.54) is 4.90 Å². The smallest absolute Gasteiger partial charge is 0.339 e. The number of esters is 1. The lowest BCUT2D eigenvalue weighted by Gasteiger charge is -2.33. The first-order chi connectivity index (χ1) is 13.4. The monoisotopic (exact) mass is 383 g/mol. The fourth-order valence-electron chi connectivity index (χ4n) is 3.77. The molecule has 1 saturated heterocycles. The van der Waals surface area contributed by atoms with Crippen molar-refractivity contribution in [2.75, 3.05) is 13.2 Å². The SMILES string of the molecule is CCc1nc2ccccc2c(C(=O)OCC(=O)N2CCCC[C@@H]2C(N)=O)c1C. The van der Waals surface area contributed by atoms with E-state index in [-0.39, 0.29) is 0 Å². The molecule has 0 radical (unpaired) electrons. The molecule has 2 aromatic rings. The summed E-state index contributed by atoms with van der Waals surface area (Å²) in [5, 5.41) is 0.697. The second-order valence-electron chi connectivity index (χ2n) is 7.01. The minimum Gasteiger partial charge on any atom is -0.452 e. The number of rotatable bonds is 5. The predicted molar refractivity (Wildman–Crippen MR) is 105 cm³/mol. The Morgan fingerprint density at radius 1 is 1.25 bits per heavy atom. The zero-order chi connectivity index (χ0) is 20.3. The Labute approximate surface area is 163 Å². The molecule has 2 amide bonds. The van der Waals surface area contributed by atoms with Crippen LogP contribution < -0.4 is 5.73 Å². The number of benzene rings is 1. The first-order valence-corrected chi connectivity index (χ1v) is 9.58. The minimum absolute atomic E-state index is 0.399. The molecular formula is C21H25N3O4. The molecule has 1 aliphatic rings. The highest BCUT2D eigenvalue weighted by atomic mass is 16.5. The van der Waals surface area contributed by atoms with E-state index < -0.39 is 30.4 Å². The van der Waals surface area contributed by atoms with Gasteiger partial charge in [0, 0.05) is 17.6 Å². The van der Waals surface area contributed by atoms with Gasteiger partial charge < -0.3 is 15.4 Å². The molecule has 2 N–H and O–H groups in total. The van der Waals surface area contributed by atoms with Crippen LogP contribution in [0.5, 0.6) is 0 Å². The van der Waals surface area contributed by atoms with E-state index in [4.69, 9.17) is 10.5 Å². The highest BCUT2D eigenvalue weighted by Crippen LogP contribution is 2.24. The number of aromatic nitrogens is 1. The standard InChI is InChI=1S/C21H25N3O4/c1-3-15-13(2)19(14-8-4-5-9-16(14)23-15)21(27)28-12-18(25)24-11-7-6-10-17(24)20(22)26/h4-5,8-9,17H,3,6-7,10-12H2,1-2H3,(H2,22,26)/t17-/m1/s1. The number of aryl methyl sites for hydroxylation is 1. The molecule has 3 rings (SSSR count). The Morgan fingerprint density at radius 3 is 2.71 bits per heavy atom. The second kappa shape index (κ2) is 8.37. The molecular weight excluding hydrogens is 358 g/mol. The maximum atomic E-state index is 12.8. The van der Waals surface area contributed by atoms with Gasteiger partial charge in [-0.2, -0.15) is 0 Å². The summed E-state index contributed by atoms with van der Waals surface area (Å²) in [5.41, 5.74) is 8.13. The van der Waals surface area contributed by atoms with Crippen LogP contribution in [0.3, 0.4) is 0 Å².